The highest BCUT2D eigenvalue weighted by Gasteiger charge is 2.30. The van der Waals surface area contributed by atoms with Gasteiger partial charge in [0.2, 0.25) is 0 Å². The van der Waals surface area contributed by atoms with Crippen LogP contribution in [0, 0.1) is 6.57 Å². The van der Waals surface area contributed by atoms with E-state index in [1.807, 2.05) is 0 Å². The Morgan fingerprint density at radius 3 is 2.65 bits per heavy atom. The first kappa shape index (κ1) is 15.7. The van der Waals surface area contributed by atoms with Crippen molar-refractivity contribution in [2.24, 2.45) is 0 Å². The maximum absolute atomic E-state index is 12.5. The quantitative estimate of drug-likeness (QED) is 0.444. The Labute approximate surface area is 117 Å². The predicted molar refractivity (Wildman–Crippen MR) is 70.4 cm³/mol. The van der Waals surface area contributed by atoms with Crippen LogP contribution in [-0.4, -0.2) is 17.6 Å². The molecule has 0 fully saturated rings. The number of halogens is 3. The van der Waals surface area contributed by atoms with Crippen LogP contribution in [0.5, 0.6) is 0 Å². The SMILES string of the molecule is [C-]#[N+]CC(=O)NNC(=S)Nc1cccc(C(F)(F)F)c1. The maximum atomic E-state index is 12.5. The van der Waals surface area contributed by atoms with Gasteiger partial charge in [-0.25, -0.2) is 6.57 Å². The molecule has 0 aliphatic heterocycles. The highest BCUT2D eigenvalue weighted by molar-refractivity contribution is 7.80. The van der Waals surface area contributed by atoms with Gasteiger partial charge in [0.1, 0.15) is 0 Å². The van der Waals surface area contributed by atoms with Crippen LogP contribution < -0.4 is 16.2 Å². The van der Waals surface area contributed by atoms with Gasteiger partial charge in [0.15, 0.2) is 5.11 Å². The largest absolute Gasteiger partial charge is 0.416 e. The summed E-state index contributed by atoms with van der Waals surface area (Å²) in [5.41, 5.74) is 3.69. The zero-order valence-corrected chi connectivity index (χ0v) is 10.7. The van der Waals surface area contributed by atoms with Crippen LogP contribution in [0.2, 0.25) is 0 Å². The molecule has 0 unspecified atom stereocenters. The van der Waals surface area contributed by atoms with E-state index in [1.165, 1.54) is 12.1 Å². The topological polar surface area (TPSA) is 57.5 Å². The van der Waals surface area contributed by atoms with E-state index >= 15 is 0 Å². The lowest BCUT2D eigenvalue weighted by atomic mass is 10.2. The van der Waals surface area contributed by atoms with Gasteiger partial charge in [0.25, 0.3) is 6.54 Å². The van der Waals surface area contributed by atoms with Crippen LogP contribution >= 0.6 is 12.2 Å². The summed E-state index contributed by atoms with van der Waals surface area (Å²) in [6.45, 7) is 6.09. The number of anilines is 1. The fourth-order valence-corrected chi connectivity index (χ4v) is 1.34. The number of carbonyl (C=O) groups excluding carboxylic acids is 1. The van der Waals surface area contributed by atoms with Gasteiger partial charge >= 0.3 is 12.1 Å². The third-order valence-corrected chi connectivity index (χ3v) is 2.19. The molecule has 0 aliphatic rings. The molecule has 106 valence electrons. The normalized spacial score (nSPS) is 10.3. The molecule has 0 spiro atoms. The highest BCUT2D eigenvalue weighted by Crippen LogP contribution is 2.30. The number of nitrogens with zero attached hydrogens (tertiary/aromatic N) is 1. The van der Waals surface area contributed by atoms with Crippen LogP contribution in [0.1, 0.15) is 5.56 Å². The maximum Gasteiger partial charge on any atom is 0.416 e. The van der Waals surface area contributed by atoms with Crippen LogP contribution in [0.15, 0.2) is 24.3 Å². The van der Waals surface area contributed by atoms with Gasteiger partial charge in [-0.3, -0.25) is 15.6 Å². The summed E-state index contributed by atoms with van der Waals surface area (Å²) >= 11 is 4.78. The van der Waals surface area contributed by atoms with Crippen molar-refractivity contribution in [1.82, 2.24) is 10.9 Å². The van der Waals surface area contributed by atoms with E-state index in [9.17, 15) is 18.0 Å². The van der Waals surface area contributed by atoms with Gasteiger partial charge in [0, 0.05) is 5.69 Å². The van der Waals surface area contributed by atoms with E-state index in [0.29, 0.717) is 0 Å². The molecule has 0 heterocycles. The Balaban J connectivity index is 2.59. The highest BCUT2D eigenvalue weighted by atomic mass is 32.1. The average molecular weight is 302 g/mol. The molecule has 0 saturated heterocycles. The summed E-state index contributed by atoms with van der Waals surface area (Å²) < 4.78 is 37.4. The molecule has 0 saturated carbocycles. The first-order chi connectivity index (χ1) is 9.32. The van der Waals surface area contributed by atoms with Gasteiger partial charge < -0.3 is 10.2 Å². The number of thiocarbonyl (C=S) groups is 1. The third kappa shape index (κ3) is 5.11. The van der Waals surface area contributed by atoms with Crippen LogP contribution in [0.3, 0.4) is 0 Å². The van der Waals surface area contributed by atoms with Gasteiger partial charge in [-0.1, -0.05) is 6.07 Å². The van der Waals surface area contributed by atoms with Crippen LogP contribution in [0.4, 0.5) is 18.9 Å². The molecule has 5 nitrogen and oxygen atoms in total. The number of carbonyl (C=O) groups is 1. The summed E-state index contributed by atoms with van der Waals surface area (Å²) in [5, 5.41) is 2.39. The Kier molecular flexibility index (Phi) is 5.28. The first-order valence-corrected chi connectivity index (χ1v) is 5.60. The molecule has 0 bridgehead atoms. The van der Waals surface area contributed by atoms with E-state index < -0.39 is 17.6 Å². The molecule has 1 aromatic carbocycles. The molecular formula is C11H9F3N4OS. The Morgan fingerprint density at radius 1 is 1.35 bits per heavy atom. The monoisotopic (exact) mass is 302 g/mol. The Morgan fingerprint density at radius 2 is 2.05 bits per heavy atom. The Bertz CT molecular complexity index is 553. The molecule has 0 aliphatic carbocycles. The zero-order chi connectivity index (χ0) is 15.2. The molecule has 0 atom stereocenters. The molecule has 9 heteroatoms. The Hall–Kier alpha value is -2.34. The number of amides is 1. The summed E-state index contributed by atoms with van der Waals surface area (Å²) in [7, 11) is 0. The van der Waals surface area contributed by atoms with E-state index in [2.05, 4.69) is 21.0 Å². The molecule has 3 N–H and O–H groups in total. The van der Waals surface area contributed by atoms with E-state index in [0.717, 1.165) is 12.1 Å². The van der Waals surface area contributed by atoms with E-state index in [1.54, 1.807) is 0 Å². The van der Waals surface area contributed by atoms with Crippen molar-refractivity contribution in [3.63, 3.8) is 0 Å². The lowest BCUT2D eigenvalue weighted by molar-refractivity contribution is -0.137. The second-order valence-corrected chi connectivity index (χ2v) is 3.93. The lowest BCUT2D eigenvalue weighted by Crippen LogP contribution is -2.44. The van der Waals surface area contributed by atoms with Gasteiger partial charge in [-0.2, -0.15) is 13.2 Å². The molecule has 0 radical (unpaired) electrons. The van der Waals surface area contributed by atoms with Gasteiger partial charge in [-0.05, 0) is 30.4 Å². The lowest BCUT2D eigenvalue weighted by Gasteiger charge is -2.12. The standard InChI is InChI=1S/C11H9F3N4OS/c1-15-6-9(19)17-18-10(20)16-8-4-2-3-7(5-8)11(12,13)14/h2-5H,6H2,(H,17,19)(H2,16,18,20). The predicted octanol–water partition coefficient (Wildman–Crippen LogP) is 1.94. The van der Waals surface area contributed by atoms with E-state index in [4.69, 9.17) is 18.8 Å². The number of hydrogen-bond acceptors (Lipinski definition) is 2. The van der Waals surface area contributed by atoms with Gasteiger partial charge in [0.05, 0.1) is 5.56 Å². The van der Waals surface area contributed by atoms with Crippen molar-refractivity contribution in [1.29, 1.82) is 0 Å². The van der Waals surface area contributed by atoms with Crippen LogP contribution in [0.25, 0.3) is 4.85 Å². The van der Waals surface area contributed by atoms with Crippen molar-refractivity contribution in [2.75, 3.05) is 11.9 Å². The van der Waals surface area contributed by atoms with Crippen molar-refractivity contribution >= 4 is 28.9 Å². The first-order valence-electron chi connectivity index (χ1n) is 5.19. The summed E-state index contributed by atoms with van der Waals surface area (Å²) in [5.74, 6) is -0.604. The minimum atomic E-state index is -4.45. The number of rotatable bonds is 2. The summed E-state index contributed by atoms with van der Waals surface area (Å²) in [6, 6.07) is 4.43. The minimum Gasteiger partial charge on any atom is -0.331 e. The minimum absolute atomic E-state index is 0.0948. The molecule has 0 aromatic heterocycles. The number of hydrazine groups is 1. The number of hydrogen-bond donors (Lipinski definition) is 3. The smallest absolute Gasteiger partial charge is 0.331 e. The van der Waals surface area contributed by atoms with Crippen molar-refractivity contribution in [3.05, 3.63) is 41.2 Å². The average Bonchev–Trinajstić information content (AvgIpc) is 2.36. The zero-order valence-electron chi connectivity index (χ0n) is 9.91. The molecule has 1 amide bonds. The molecule has 1 aromatic rings. The second-order valence-electron chi connectivity index (χ2n) is 3.52. The number of nitrogens with one attached hydrogen (secondary N) is 3. The van der Waals surface area contributed by atoms with Crippen LogP contribution in [-0.2, 0) is 11.0 Å². The van der Waals surface area contributed by atoms with Gasteiger partial charge in [-0.15, -0.1) is 0 Å². The van der Waals surface area contributed by atoms with E-state index in [-0.39, 0.29) is 17.3 Å². The number of alkyl halides is 3. The fraction of sp³-hybridized carbons (Fsp3) is 0.182. The molecule has 1 rings (SSSR count). The summed E-state index contributed by atoms with van der Waals surface area (Å²) in [4.78, 5) is 13.8. The second kappa shape index (κ2) is 6.72. The van der Waals surface area contributed by atoms with Crippen molar-refractivity contribution in [2.45, 2.75) is 6.18 Å². The third-order valence-electron chi connectivity index (χ3n) is 1.99. The molecular weight excluding hydrogens is 293 g/mol. The fourth-order valence-electron chi connectivity index (χ4n) is 1.17. The van der Waals surface area contributed by atoms with Crippen molar-refractivity contribution in [3.8, 4) is 0 Å². The molecule has 20 heavy (non-hydrogen) atoms. The van der Waals surface area contributed by atoms with Crippen molar-refractivity contribution < 1.29 is 18.0 Å². The summed E-state index contributed by atoms with van der Waals surface area (Å²) in [6.07, 6.45) is -4.45. The number of benzene rings is 1.